The molecule has 1 aliphatic rings. The third-order valence-corrected chi connectivity index (χ3v) is 5.42. The summed E-state index contributed by atoms with van der Waals surface area (Å²) in [6.07, 6.45) is 11.5. The van der Waals surface area contributed by atoms with Crippen molar-refractivity contribution < 1.29 is 14.2 Å². The van der Waals surface area contributed by atoms with Crippen LogP contribution >= 0.6 is 0 Å². The van der Waals surface area contributed by atoms with Crippen molar-refractivity contribution in [2.45, 2.75) is 97.7 Å². The van der Waals surface area contributed by atoms with Gasteiger partial charge < -0.3 is 14.2 Å². The Kier molecular flexibility index (Phi) is 12.9. The monoisotopic (exact) mass is 342 g/mol. The Morgan fingerprint density at radius 3 is 1.88 bits per heavy atom. The Bertz CT molecular complexity index is 254. The molecule has 0 spiro atoms. The van der Waals surface area contributed by atoms with Crippen LogP contribution in [0, 0.1) is 11.8 Å². The van der Waals surface area contributed by atoms with Gasteiger partial charge in [-0.1, -0.05) is 66.2 Å². The minimum Gasteiger partial charge on any atom is -0.379 e. The summed E-state index contributed by atoms with van der Waals surface area (Å²) in [6.45, 7) is 12.3. The van der Waals surface area contributed by atoms with Gasteiger partial charge in [0.1, 0.15) is 6.10 Å². The van der Waals surface area contributed by atoms with Crippen molar-refractivity contribution in [1.29, 1.82) is 0 Å². The molecule has 0 aromatic heterocycles. The summed E-state index contributed by atoms with van der Waals surface area (Å²) in [5.41, 5.74) is 0. The molecule has 24 heavy (non-hydrogen) atoms. The first-order valence-electron chi connectivity index (χ1n) is 10.6. The van der Waals surface area contributed by atoms with Crippen molar-refractivity contribution in [2.75, 3.05) is 26.4 Å². The first kappa shape index (κ1) is 21.9. The van der Waals surface area contributed by atoms with Gasteiger partial charge in [-0.2, -0.15) is 0 Å². The summed E-state index contributed by atoms with van der Waals surface area (Å²) in [6, 6.07) is 0. The normalized spacial score (nSPS) is 24.0. The topological polar surface area (TPSA) is 27.7 Å². The summed E-state index contributed by atoms with van der Waals surface area (Å²) in [5.74, 6) is 1.38. The smallest absolute Gasteiger partial charge is 0.107 e. The highest BCUT2D eigenvalue weighted by Crippen LogP contribution is 2.21. The fourth-order valence-corrected chi connectivity index (χ4v) is 3.35. The quantitative estimate of drug-likeness (QED) is 0.410. The van der Waals surface area contributed by atoms with Crippen LogP contribution in [0.3, 0.4) is 0 Å². The van der Waals surface area contributed by atoms with Crippen molar-refractivity contribution in [3.05, 3.63) is 0 Å². The maximum absolute atomic E-state index is 6.29. The van der Waals surface area contributed by atoms with Crippen molar-refractivity contribution in [1.82, 2.24) is 0 Å². The molecule has 0 aliphatic carbocycles. The van der Waals surface area contributed by atoms with Gasteiger partial charge >= 0.3 is 0 Å². The second kappa shape index (κ2) is 14.1. The lowest BCUT2D eigenvalue weighted by Crippen LogP contribution is -2.42. The SMILES string of the molecule is CCCCC(CC)COC1CCOCC1OCC(CC)CCCC. The van der Waals surface area contributed by atoms with Crippen LogP contribution in [0.5, 0.6) is 0 Å². The molecular weight excluding hydrogens is 300 g/mol. The zero-order valence-electron chi connectivity index (χ0n) is 16.7. The summed E-state index contributed by atoms with van der Waals surface area (Å²) in [4.78, 5) is 0. The predicted octanol–water partition coefficient (Wildman–Crippen LogP) is 5.61. The molecule has 1 saturated heterocycles. The molecule has 1 rings (SSSR count). The van der Waals surface area contributed by atoms with E-state index in [1.807, 2.05) is 0 Å². The van der Waals surface area contributed by atoms with E-state index in [-0.39, 0.29) is 12.2 Å². The van der Waals surface area contributed by atoms with Crippen LogP contribution in [0.25, 0.3) is 0 Å². The van der Waals surface area contributed by atoms with Crippen LogP contribution in [0.15, 0.2) is 0 Å². The van der Waals surface area contributed by atoms with E-state index in [2.05, 4.69) is 27.7 Å². The molecule has 1 aliphatic heterocycles. The highest BCUT2D eigenvalue weighted by molar-refractivity contribution is 4.76. The average molecular weight is 343 g/mol. The fourth-order valence-electron chi connectivity index (χ4n) is 3.35. The predicted molar refractivity (Wildman–Crippen MR) is 102 cm³/mol. The highest BCUT2D eigenvalue weighted by Gasteiger charge is 2.28. The van der Waals surface area contributed by atoms with E-state index in [1.54, 1.807) is 0 Å². The van der Waals surface area contributed by atoms with Crippen molar-refractivity contribution in [2.24, 2.45) is 11.8 Å². The fraction of sp³-hybridized carbons (Fsp3) is 1.00. The van der Waals surface area contributed by atoms with Gasteiger partial charge in [-0.3, -0.25) is 0 Å². The molecule has 1 heterocycles. The third-order valence-electron chi connectivity index (χ3n) is 5.42. The van der Waals surface area contributed by atoms with Gasteiger partial charge in [-0.25, -0.2) is 0 Å². The lowest BCUT2D eigenvalue weighted by atomic mass is 9.99. The number of ether oxygens (including phenoxy) is 3. The third kappa shape index (κ3) is 8.82. The van der Waals surface area contributed by atoms with Crippen LogP contribution in [0.4, 0.5) is 0 Å². The standard InChI is InChI=1S/C21H42O3/c1-5-9-11-18(7-3)15-23-20-13-14-22-17-21(20)24-16-19(8-4)12-10-6-2/h18-21H,5-17H2,1-4H3. The molecule has 3 heteroatoms. The lowest BCUT2D eigenvalue weighted by Gasteiger charge is -2.33. The van der Waals surface area contributed by atoms with E-state index >= 15 is 0 Å². The average Bonchev–Trinajstić information content (AvgIpc) is 2.63. The Hall–Kier alpha value is -0.120. The Morgan fingerprint density at radius 2 is 1.38 bits per heavy atom. The van der Waals surface area contributed by atoms with Crippen molar-refractivity contribution in [3.8, 4) is 0 Å². The molecular formula is C21H42O3. The molecule has 0 radical (unpaired) electrons. The summed E-state index contributed by atoms with van der Waals surface area (Å²) in [5, 5.41) is 0. The van der Waals surface area contributed by atoms with E-state index in [9.17, 15) is 0 Å². The molecule has 0 amide bonds. The van der Waals surface area contributed by atoms with E-state index in [0.717, 1.165) is 26.2 Å². The molecule has 0 aromatic rings. The van der Waals surface area contributed by atoms with Crippen LogP contribution in [-0.4, -0.2) is 38.6 Å². The largest absolute Gasteiger partial charge is 0.379 e. The molecule has 144 valence electrons. The Labute approximate surface area is 150 Å². The maximum Gasteiger partial charge on any atom is 0.107 e. The van der Waals surface area contributed by atoms with Crippen molar-refractivity contribution in [3.63, 3.8) is 0 Å². The number of hydrogen-bond donors (Lipinski definition) is 0. The first-order chi connectivity index (χ1) is 11.7. The molecule has 3 nitrogen and oxygen atoms in total. The summed E-state index contributed by atoms with van der Waals surface area (Å²) in [7, 11) is 0. The number of rotatable bonds is 14. The minimum absolute atomic E-state index is 0.123. The molecule has 0 bridgehead atoms. The van der Waals surface area contributed by atoms with Gasteiger partial charge in [0.15, 0.2) is 0 Å². The van der Waals surface area contributed by atoms with Gasteiger partial charge in [-0.15, -0.1) is 0 Å². The van der Waals surface area contributed by atoms with Crippen LogP contribution in [-0.2, 0) is 14.2 Å². The number of hydrogen-bond acceptors (Lipinski definition) is 3. The van der Waals surface area contributed by atoms with Crippen molar-refractivity contribution >= 4 is 0 Å². The molecule has 0 saturated carbocycles. The second-order valence-electron chi connectivity index (χ2n) is 7.44. The van der Waals surface area contributed by atoms with Gasteiger partial charge in [0.25, 0.3) is 0 Å². The Morgan fingerprint density at radius 1 is 0.833 bits per heavy atom. The van der Waals surface area contributed by atoms with Gasteiger partial charge in [0.2, 0.25) is 0 Å². The lowest BCUT2D eigenvalue weighted by molar-refractivity contribution is -0.149. The molecule has 0 aromatic carbocycles. The number of unbranched alkanes of at least 4 members (excludes halogenated alkanes) is 2. The molecule has 4 unspecified atom stereocenters. The van der Waals surface area contributed by atoms with E-state index in [4.69, 9.17) is 14.2 Å². The van der Waals surface area contributed by atoms with E-state index in [0.29, 0.717) is 18.4 Å². The van der Waals surface area contributed by atoms with Crippen LogP contribution in [0.1, 0.15) is 85.5 Å². The zero-order chi connectivity index (χ0) is 17.6. The highest BCUT2D eigenvalue weighted by atomic mass is 16.6. The molecule has 4 atom stereocenters. The van der Waals surface area contributed by atoms with Gasteiger partial charge in [0, 0.05) is 19.8 Å². The second-order valence-corrected chi connectivity index (χ2v) is 7.44. The van der Waals surface area contributed by atoms with E-state index in [1.165, 1.54) is 51.4 Å². The molecule has 0 N–H and O–H groups in total. The maximum atomic E-state index is 6.29. The van der Waals surface area contributed by atoms with E-state index < -0.39 is 0 Å². The Balaban J connectivity index is 2.37. The summed E-state index contributed by atoms with van der Waals surface area (Å²) < 4.78 is 18.2. The van der Waals surface area contributed by atoms with Crippen LogP contribution < -0.4 is 0 Å². The van der Waals surface area contributed by atoms with Gasteiger partial charge in [0.05, 0.1) is 12.7 Å². The summed E-state index contributed by atoms with van der Waals surface area (Å²) >= 11 is 0. The molecule has 1 fully saturated rings. The zero-order valence-corrected chi connectivity index (χ0v) is 16.7. The first-order valence-corrected chi connectivity index (χ1v) is 10.6. The minimum atomic E-state index is 0.123. The van der Waals surface area contributed by atoms with Crippen LogP contribution in [0.2, 0.25) is 0 Å². The van der Waals surface area contributed by atoms with Gasteiger partial charge in [-0.05, 0) is 31.1 Å².